The fraction of sp³-hybridized carbons (Fsp3) is 0.562. The Morgan fingerprint density at radius 2 is 2.00 bits per heavy atom. The van der Waals surface area contributed by atoms with E-state index in [-0.39, 0.29) is 11.8 Å². The summed E-state index contributed by atoms with van der Waals surface area (Å²) in [7, 11) is 1.92. The second kappa shape index (κ2) is 6.71. The molecule has 2 rings (SSSR count). The molecule has 0 aliphatic carbocycles. The van der Waals surface area contributed by atoms with Gasteiger partial charge in [-0.15, -0.1) is 0 Å². The maximum atomic E-state index is 12.2. The highest BCUT2D eigenvalue weighted by Gasteiger charge is 2.24. The van der Waals surface area contributed by atoms with E-state index in [1.165, 1.54) is 11.1 Å². The summed E-state index contributed by atoms with van der Waals surface area (Å²) in [6.45, 7) is 4.79. The topological polar surface area (TPSA) is 32.3 Å². The number of nitrogens with zero attached hydrogens (tertiary/aromatic N) is 1. The molecular weight excluding hydrogens is 236 g/mol. The van der Waals surface area contributed by atoms with Crippen LogP contribution in [0.25, 0.3) is 0 Å². The van der Waals surface area contributed by atoms with Crippen LogP contribution >= 0.6 is 0 Å². The van der Waals surface area contributed by atoms with Crippen LogP contribution in [-0.2, 0) is 17.6 Å². The van der Waals surface area contributed by atoms with Crippen LogP contribution in [0.5, 0.6) is 0 Å². The van der Waals surface area contributed by atoms with Gasteiger partial charge in [0.15, 0.2) is 0 Å². The number of carbonyl (C=O) groups is 1. The maximum Gasteiger partial charge on any atom is 0.226 e. The average molecular weight is 260 g/mol. The first-order chi connectivity index (χ1) is 9.20. The third kappa shape index (κ3) is 3.80. The van der Waals surface area contributed by atoms with Gasteiger partial charge in [-0.2, -0.15) is 0 Å². The molecule has 1 atom stereocenters. The van der Waals surface area contributed by atoms with Crippen LogP contribution in [0.4, 0.5) is 0 Å². The van der Waals surface area contributed by atoms with Crippen LogP contribution in [0.15, 0.2) is 24.3 Å². The Morgan fingerprint density at radius 3 is 2.58 bits per heavy atom. The van der Waals surface area contributed by atoms with Crippen molar-refractivity contribution in [1.29, 1.82) is 0 Å². The van der Waals surface area contributed by atoms with Crippen molar-refractivity contribution in [3.63, 3.8) is 0 Å². The van der Waals surface area contributed by atoms with E-state index >= 15 is 0 Å². The van der Waals surface area contributed by atoms with Crippen LogP contribution in [0, 0.1) is 5.92 Å². The van der Waals surface area contributed by atoms with Crippen molar-refractivity contribution >= 4 is 5.91 Å². The quantitative estimate of drug-likeness (QED) is 0.876. The zero-order valence-electron chi connectivity index (χ0n) is 12.0. The molecule has 0 aromatic heterocycles. The molecule has 1 aromatic rings. The minimum Gasteiger partial charge on any atom is -0.345 e. The SMILES string of the molecule is CCc1ccc(CCN(C)C(=O)C2CCNC2)cc1. The smallest absolute Gasteiger partial charge is 0.226 e. The number of benzene rings is 1. The summed E-state index contributed by atoms with van der Waals surface area (Å²) in [5.41, 5.74) is 2.67. The molecule has 1 amide bonds. The normalized spacial score (nSPS) is 18.5. The number of hydrogen-bond donors (Lipinski definition) is 1. The third-order valence-electron chi connectivity index (χ3n) is 3.95. The van der Waals surface area contributed by atoms with Gasteiger partial charge in [-0.05, 0) is 36.9 Å². The minimum absolute atomic E-state index is 0.187. The molecule has 0 bridgehead atoms. The van der Waals surface area contributed by atoms with E-state index in [1.807, 2.05) is 11.9 Å². The lowest BCUT2D eigenvalue weighted by Gasteiger charge is -2.20. The van der Waals surface area contributed by atoms with E-state index in [2.05, 4.69) is 36.5 Å². The molecule has 104 valence electrons. The van der Waals surface area contributed by atoms with Gasteiger partial charge in [-0.3, -0.25) is 4.79 Å². The summed E-state index contributed by atoms with van der Waals surface area (Å²) < 4.78 is 0. The van der Waals surface area contributed by atoms with E-state index in [4.69, 9.17) is 0 Å². The number of nitrogens with one attached hydrogen (secondary N) is 1. The number of likely N-dealkylation sites (N-methyl/N-ethyl adjacent to an activating group) is 1. The van der Waals surface area contributed by atoms with E-state index < -0.39 is 0 Å². The average Bonchev–Trinajstić information content (AvgIpc) is 2.98. The van der Waals surface area contributed by atoms with Gasteiger partial charge in [-0.1, -0.05) is 31.2 Å². The Kier molecular flexibility index (Phi) is 4.97. The van der Waals surface area contributed by atoms with Gasteiger partial charge in [0.05, 0.1) is 5.92 Å². The molecule has 19 heavy (non-hydrogen) atoms. The molecule has 1 heterocycles. The Hall–Kier alpha value is -1.35. The predicted octanol–water partition coefficient (Wildman–Crippen LogP) is 1.86. The van der Waals surface area contributed by atoms with Gasteiger partial charge in [0.2, 0.25) is 5.91 Å². The van der Waals surface area contributed by atoms with E-state index in [9.17, 15) is 4.79 Å². The highest BCUT2D eigenvalue weighted by molar-refractivity contribution is 5.79. The molecule has 1 fully saturated rings. The Labute approximate surface area is 116 Å². The van der Waals surface area contributed by atoms with Crippen molar-refractivity contribution in [1.82, 2.24) is 10.2 Å². The fourth-order valence-electron chi connectivity index (χ4n) is 2.53. The van der Waals surface area contributed by atoms with Gasteiger partial charge in [-0.25, -0.2) is 0 Å². The van der Waals surface area contributed by atoms with Gasteiger partial charge in [0.1, 0.15) is 0 Å². The Bertz CT molecular complexity index is 407. The highest BCUT2D eigenvalue weighted by atomic mass is 16.2. The zero-order chi connectivity index (χ0) is 13.7. The summed E-state index contributed by atoms with van der Waals surface area (Å²) in [5, 5.41) is 3.25. The number of rotatable bonds is 5. The van der Waals surface area contributed by atoms with Gasteiger partial charge in [0, 0.05) is 20.1 Å². The van der Waals surface area contributed by atoms with Gasteiger partial charge >= 0.3 is 0 Å². The van der Waals surface area contributed by atoms with Crippen LogP contribution < -0.4 is 5.32 Å². The lowest BCUT2D eigenvalue weighted by molar-refractivity contribution is -0.133. The van der Waals surface area contributed by atoms with E-state index in [1.54, 1.807) is 0 Å². The van der Waals surface area contributed by atoms with E-state index in [0.717, 1.165) is 38.9 Å². The summed E-state index contributed by atoms with van der Waals surface area (Å²) in [6, 6.07) is 8.71. The zero-order valence-corrected chi connectivity index (χ0v) is 12.0. The number of amides is 1. The van der Waals surface area contributed by atoms with Crippen LogP contribution in [-0.4, -0.2) is 37.5 Å². The van der Waals surface area contributed by atoms with Gasteiger partial charge < -0.3 is 10.2 Å². The monoisotopic (exact) mass is 260 g/mol. The molecule has 1 unspecified atom stereocenters. The van der Waals surface area contributed by atoms with Crippen LogP contribution in [0.2, 0.25) is 0 Å². The summed E-state index contributed by atoms with van der Waals surface area (Å²) in [4.78, 5) is 14.0. The standard InChI is InChI=1S/C16H24N2O/c1-3-13-4-6-14(7-5-13)9-11-18(2)16(19)15-8-10-17-12-15/h4-7,15,17H,3,8-12H2,1-2H3. The number of carbonyl (C=O) groups excluding carboxylic acids is 1. The Balaban J connectivity index is 1.81. The fourth-order valence-corrected chi connectivity index (χ4v) is 2.53. The molecule has 1 saturated heterocycles. The molecule has 1 aliphatic heterocycles. The second-order valence-corrected chi connectivity index (χ2v) is 5.37. The van der Waals surface area contributed by atoms with Crippen molar-refractivity contribution < 1.29 is 4.79 Å². The molecule has 1 aliphatic rings. The van der Waals surface area contributed by atoms with Crippen molar-refractivity contribution in [2.75, 3.05) is 26.7 Å². The molecule has 1 N–H and O–H groups in total. The first-order valence-corrected chi connectivity index (χ1v) is 7.24. The van der Waals surface area contributed by atoms with Crippen molar-refractivity contribution in [3.05, 3.63) is 35.4 Å². The molecule has 0 radical (unpaired) electrons. The van der Waals surface area contributed by atoms with Crippen LogP contribution in [0.1, 0.15) is 24.5 Å². The third-order valence-corrected chi connectivity index (χ3v) is 3.95. The Morgan fingerprint density at radius 1 is 1.32 bits per heavy atom. The molecule has 3 nitrogen and oxygen atoms in total. The summed E-state index contributed by atoms with van der Waals surface area (Å²) in [6.07, 6.45) is 2.99. The lowest BCUT2D eigenvalue weighted by atomic mass is 10.1. The van der Waals surface area contributed by atoms with Crippen LogP contribution in [0.3, 0.4) is 0 Å². The predicted molar refractivity (Wildman–Crippen MR) is 78.1 cm³/mol. The first kappa shape index (κ1) is 14.1. The van der Waals surface area contributed by atoms with E-state index in [0.29, 0.717) is 0 Å². The van der Waals surface area contributed by atoms with Crippen molar-refractivity contribution in [2.24, 2.45) is 5.92 Å². The van der Waals surface area contributed by atoms with Crippen molar-refractivity contribution in [3.8, 4) is 0 Å². The summed E-state index contributed by atoms with van der Waals surface area (Å²) in [5.74, 6) is 0.475. The summed E-state index contributed by atoms with van der Waals surface area (Å²) >= 11 is 0. The molecular formula is C16H24N2O. The molecule has 0 spiro atoms. The number of hydrogen-bond acceptors (Lipinski definition) is 2. The molecule has 0 saturated carbocycles. The lowest BCUT2D eigenvalue weighted by Crippen LogP contribution is -2.35. The second-order valence-electron chi connectivity index (χ2n) is 5.37. The first-order valence-electron chi connectivity index (χ1n) is 7.24. The van der Waals surface area contributed by atoms with Gasteiger partial charge in [0.25, 0.3) is 0 Å². The largest absolute Gasteiger partial charge is 0.345 e. The highest BCUT2D eigenvalue weighted by Crippen LogP contribution is 2.12. The molecule has 3 heteroatoms. The minimum atomic E-state index is 0.187. The maximum absolute atomic E-state index is 12.2. The van der Waals surface area contributed by atoms with Crippen molar-refractivity contribution in [2.45, 2.75) is 26.2 Å². The number of aryl methyl sites for hydroxylation is 1. The molecule has 1 aromatic carbocycles.